The lowest BCUT2D eigenvalue weighted by atomic mass is 9.97. The Morgan fingerprint density at radius 1 is 0.912 bits per heavy atom. The van der Waals surface area contributed by atoms with Crippen molar-refractivity contribution < 1.29 is 39.3 Å². The molecule has 0 aliphatic heterocycles. The highest BCUT2D eigenvalue weighted by Crippen LogP contribution is 2.12. The molecule has 12 nitrogen and oxygen atoms in total. The van der Waals surface area contributed by atoms with Gasteiger partial charge in [0.1, 0.15) is 23.9 Å². The first-order chi connectivity index (χ1) is 15.8. The standard InChI is InChI=1S/C22H32N4O8/c1-4-11(2)18(21(32)25-16(22(33)34)10-17(28)29)26-19(30)12(3)24-20(31)15(23)9-13-5-7-14(27)8-6-13/h5-8,11-12,15-16,18,27H,4,9-10,23H2,1-3H3,(H,24,31)(H,25,32)(H,26,30)(H,28,29)(H,33,34). The van der Waals surface area contributed by atoms with Crippen LogP contribution >= 0.6 is 0 Å². The molecule has 12 heteroatoms. The topological polar surface area (TPSA) is 208 Å². The molecule has 0 radical (unpaired) electrons. The molecular formula is C22H32N4O8. The minimum absolute atomic E-state index is 0.0737. The fourth-order valence-electron chi connectivity index (χ4n) is 2.98. The van der Waals surface area contributed by atoms with E-state index in [9.17, 15) is 29.1 Å². The van der Waals surface area contributed by atoms with Crippen molar-refractivity contribution in [1.82, 2.24) is 16.0 Å². The second-order valence-corrected chi connectivity index (χ2v) is 8.08. The van der Waals surface area contributed by atoms with Crippen LogP contribution in [0.4, 0.5) is 0 Å². The summed E-state index contributed by atoms with van der Waals surface area (Å²) in [6.45, 7) is 4.82. The van der Waals surface area contributed by atoms with Crippen LogP contribution in [0.15, 0.2) is 24.3 Å². The minimum atomic E-state index is -1.66. The third-order valence-corrected chi connectivity index (χ3v) is 5.27. The molecule has 0 fully saturated rings. The number of nitrogens with two attached hydrogens (primary N) is 1. The zero-order valence-corrected chi connectivity index (χ0v) is 19.3. The number of benzene rings is 1. The SMILES string of the molecule is CCC(C)C(NC(=O)C(C)NC(=O)C(N)Cc1ccc(O)cc1)C(=O)NC(CC(=O)O)C(=O)O. The molecule has 0 aromatic heterocycles. The summed E-state index contributed by atoms with van der Waals surface area (Å²) in [6, 6.07) is 1.29. The fourth-order valence-corrected chi connectivity index (χ4v) is 2.98. The average Bonchev–Trinajstić information content (AvgIpc) is 2.77. The Morgan fingerprint density at radius 2 is 1.50 bits per heavy atom. The van der Waals surface area contributed by atoms with Gasteiger partial charge in [0, 0.05) is 0 Å². The number of carbonyl (C=O) groups excluding carboxylic acids is 3. The van der Waals surface area contributed by atoms with E-state index in [-0.39, 0.29) is 12.2 Å². The second kappa shape index (κ2) is 13.1. The maximum Gasteiger partial charge on any atom is 0.326 e. The molecule has 1 rings (SSSR count). The Bertz CT molecular complexity index is 889. The van der Waals surface area contributed by atoms with Gasteiger partial charge in [-0.3, -0.25) is 19.2 Å². The van der Waals surface area contributed by atoms with Gasteiger partial charge in [-0.2, -0.15) is 0 Å². The summed E-state index contributed by atoms with van der Waals surface area (Å²) in [5.41, 5.74) is 6.61. The Kier molecular flexibility index (Phi) is 11.0. The van der Waals surface area contributed by atoms with Crippen molar-refractivity contribution in [3.8, 4) is 5.75 Å². The van der Waals surface area contributed by atoms with E-state index in [4.69, 9.17) is 15.9 Å². The van der Waals surface area contributed by atoms with E-state index in [0.717, 1.165) is 0 Å². The quantitative estimate of drug-likeness (QED) is 0.191. The molecule has 0 saturated heterocycles. The van der Waals surface area contributed by atoms with Crippen LogP contribution in [0.5, 0.6) is 5.75 Å². The van der Waals surface area contributed by atoms with E-state index < -0.39 is 66.2 Å². The first-order valence-electron chi connectivity index (χ1n) is 10.7. The van der Waals surface area contributed by atoms with Gasteiger partial charge in [0.15, 0.2) is 0 Å². The van der Waals surface area contributed by atoms with E-state index in [2.05, 4.69) is 16.0 Å². The van der Waals surface area contributed by atoms with Crippen LogP contribution in [0.25, 0.3) is 0 Å². The van der Waals surface area contributed by atoms with E-state index in [1.165, 1.54) is 19.1 Å². The molecule has 0 aliphatic rings. The lowest BCUT2D eigenvalue weighted by molar-refractivity contribution is -0.147. The molecule has 0 aliphatic carbocycles. The van der Waals surface area contributed by atoms with Crippen molar-refractivity contribution in [2.75, 3.05) is 0 Å². The van der Waals surface area contributed by atoms with Gasteiger partial charge in [0.05, 0.1) is 12.5 Å². The lowest BCUT2D eigenvalue weighted by Gasteiger charge is -2.27. The van der Waals surface area contributed by atoms with Gasteiger partial charge in [-0.15, -0.1) is 0 Å². The normalized spacial score (nSPS) is 15.2. The average molecular weight is 481 g/mol. The summed E-state index contributed by atoms with van der Waals surface area (Å²) >= 11 is 0. The van der Waals surface area contributed by atoms with Crippen LogP contribution in [0, 0.1) is 5.92 Å². The molecule has 1 aromatic carbocycles. The third kappa shape index (κ3) is 9.06. The van der Waals surface area contributed by atoms with Gasteiger partial charge in [-0.1, -0.05) is 32.4 Å². The molecule has 5 atom stereocenters. The molecule has 0 heterocycles. The third-order valence-electron chi connectivity index (χ3n) is 5.27. The van der Waals surface area contributed by atoms with Crippen LogP contribution in [0.2, 0.25) is 0 Å². The summed E-state index contributed by atoms with van der Waals surface area (Å²) in [4.78, 5) is 59.8. The first-order valence-corrected chi connectivity index (χ1v) is 10.7. The van der Waals surface area contributed by atoms with Crippen LogP contribution in [-0.4, -0.2) is 69.1 Å². The van der Waals surface area contributed by atoms with Crippen molar-refractivity contribution in [3.05, 3.63) is 29.8 Å². The molecule has 0 spiro atoms. The summed E-state index contributed by atoms with van der Waals surface area (Å²) in [6.07, 6.45) is -0.209. The fraction of sp³-hybridized carbons (Fsp3) is 0.500. The van der Waals surface area contributed by atoms with Crippen molar-refractivity contribution >= 4 is 29.7 Å². The summed E-state index contributed by atoms with van der Waals surface area (Å²) < 4.78 is 0. The molecule has 5 unspecified atom stereocenters. The van der Waals surface area contributed by atoms with Gasteiger partial charge < -0.3 is 37.0 Å². The van der Waals surface area contributed by atoms with Crippen molar-refractivity contribution in [3.63, 3.8) is 0 Å². The molecule has 8 N–H and O–H groups in total. The number of aromatic hydroxyl groups is 1. The van der Waals surface area contributed by atoms with Crippen LogP contribution < -0.4 is 21.7 Å². The summed E-state index contributed by atoms with van der Waals surface area (Å²) in [5.74, 6) is -5.42. The maximum atomic E-state index is 12.6. The number of rotatable bonds is 13. The van der Waals surface area contributed by atoms with E-state index in [1.54, 1.807) is 26.0 Å². The summed E-state index contributed by atoms with van der Waals surface area (Å²) in [7, 11) is 0. The Morgan fingerprint density at radius 3 is 2.00 bits per heavy atom. The predicted molar refractivity (Wildman–Crippen MR) is 121 cm³/mol. The largest absolute Gasteiger partial charge is 0.508 e. The highest BCUT2D eigenvalue weighted by molar-refractivity contribution is 5.94. The number of amides is 3. The Balaban J connectivity index is 2.78. The van der Waals surface area contributed by atoms with Crippen molar-refractivity contribution in [1.29, 1.82) is 0 Å². The lowest BCUT2D eigenvalue weighted by Crippen LogP contribution is -2.58. The number of carboxylic acid groups (broad SMARTS) is 2. The molecule has 0 bridgehead atoms. The number of carboxylic acids is 2. The van der Waals surface area contributed by atoms with Crippen LogP contribution in [0.3, 0.4) is 0 Å². The van der Waals surface area contributed by atoms with Gasteiger partial charge >= 0.3 is 11.9 Å². The Labute approximate surface area is 196 Å². The highest BCUT2D eigenvalue weighted by Gasteiger charge is 2.32. The van der Waals surface area contributed by atoms with Crippen molar-refractivity contribution in [2.24, 2.45) is 11.7 Å². The number of nitrogens with one attached hydrogen (secondary N) is 3. The molecule has 1 aromatic rings. The zero-order valence-electron chi connectivity index (χ0n) is 19.3. The molecule has 3 amide bonds. The smallest absolute Gasteiger partial charge is 0.326 e. The zero-order chi connectivity index (χ0) is 26.0. The number of hydrogen-bond acceptors (Lipinski definition) is 7. The van der Waals surface area contributed by atoms with E-state index >= 15 is 0 Å². The molecule has 188 valence electrons. The molecule has 0 saturated carbocycles. The van der Waals surface area contributed by atoms with Crippen molar-refractivity contribution in [2.45, 2.75) is 64.2 Å². The second-order valence-electron chi connectivity index (χ2n) is 8.08. The van der Waals surface area contributed by atoms with Crippen LogP contribution in [-0.2, 0) is 30.4 Å². The summed E-state index contributed by atoms with van der Waals surface area (Å²) in [5, 5.41) is 34.4. The number of hydrogen-bond donors (Lipinski definition) is 7. The van der Waals surface area contributed by atoms with Gasteiger partial charge in [-0.25, -0.2) is 4.79 Å². The van der Waals surface area contributed by atoms with Gasteiger partial charge in [-0.05, 0) is 37.0 Å². The first kappa shape index (κ1) is 28.4. The minimum Gasteiger partial charge on any atom is -0.508 e. The molecule has 34 heavy (non-hydrogen) atoms. The highest BCUT2D eigenvalue weighted by atomic mass is 16.4. The van der Waals surface area contributed by atoms with Crippen LogP contribution in [0.1, 0.15) is 39.2 Å². The van der Waals surface area contributed by atoms with E-state index in [1.807, 2.05) is 0 Å². The van der Waals surface area contributed by atoms with E-state index in [0.29, 0.717) is 12.0 Å². The number of phenols is 1. The molecular weight excluding hydrogens is 448 g/mol. The number of aliphatic carboxylic acids is 2. The number of phenolic OH excluding ortho intramolecular Hbond substituents is 1. The Hall–Kier alpha value is -3.67. The predicted octanol–water partition coefficient (Wildman–Crippen LogP) is -0.658. The van der Waals surface area contributed by atoms with Gasteiger partial charge in [0.2, 0.25) is 17.7 Å². The maximum absolute atomic E-state index is 12.6. The monoisotopic (exact) mass is 480 g/mol. The van der Waals surface area contributed by atoms with Gasteiger partial charge in [0.25, 0.3) is 0 Å². The number of carbonyl (C=O) groups is 5.